The summed E-state index contributed by atoms with van der Waals surface area (Å²) in [5.41, 5.74) is 0.613. The average molecular weight is 259 g/mol. The molecule has 0 spiro atoms. The molecule has 0 heterocycles. The molecule has 0 amide bonds. The maximum Gasteiger partial charge on any atom is 0.138 e. The van der Waals surface area contributed by atoms with E-state index in [0.29, 0.717) is 24.0 Å². The van der Waals surface area contributed by atoms with Crippen molar-refractivity contribution in [3.63, 3.8) is 0 Å². The van der Waals surface area contributed by atoms with Crippen LogP contribution in [0.5, 0.6) is 5.75 Å². The molecule has 0 saturated heterocycles. The van der Waals surface area contributed by atoms with Gasteiger partial charge >= 0.3 is 0 Å². The van der Waals surface area contributed by atoms with Gasteiger partial charge in [0, 0.05) is 0 Å². The third-order valence-corrected chi connectivity index (χ3v) is 2.35. The zero-order valence-corrected chi connectivity index (χ0v) is 11.3. The van der Waals surface area contributed by atoms with Gasteiger partial charge in [-0.05, 0) is 38.5 Å². The van der Waals surface area contributed by atoms with Gasteiger partial charge in [-0.15, -0.1) is 0 Å². The Labute approximate surface area is 107 Å². The van der Waals surface area contributed by atoms with Crippen molar-refractivity contribution in [3.8, 4) is 5.75 Å². The Morgan fingerprint density at radius 2 is 1.94 bits per heavy atom. The Kier molecular flexibility index (Phi) is 5.25. The summed E-state index contributed by atoms with van der Waals surface area (Å²) in [7, 11) is 0. The Morgan fingerprint density at radius 1 is 1.24 bits per heavy atom. The fraction of sp³-hybridized carbons (Fsp3) is 0.538. The van der Waals surface area contributed by atoms with Gasteiger partial charge < -0.3 is 14.6 Å². The Balaban J connectivity index is 2.42. The van der Waals surface area contributed by atoms with Crippen molar-refractivity contribution >= 4 is 11.6 Å². The molecule has 0 aliphatic carbocycles. The van der Waals surface area contributed by atoms with Crippen molar-refractivity contribution in [2.75, 3.05) is 13.2 Å². The second-order valence-electron chi connectivity index (χ2n) is 4.73. The number of benzene rings is 1. The van der Waals surface area contributed by atoms with Crippen LogP contribution >= 0.6 is 11.6 Å². The zero-order valence-electron chi connectivity index (χ0n) is 10.5. The predicted octanol–water partition coefficient (Wildman–Crippen LogP) is 3.03. The fourth-order valence-electron chi connectivity index (χ4n) is 1.26. The lowest BCUT2D eigenvalue weighted by Crippen LogP contribution is -2.22. The second kappa shape index (κ2) is 6.24. The molecule has 1 N–H and O–H groups in total. The SMILES string of the molecule is CC(C)(C)OCCOc1ccc(CO)cc1Cl. The van der Waals surface area contributed by atoms with Gasteiger partial charge in [0.05, 0.1) is 23.8 Å². The minimum Gasteiger partial charge on any atom is -0.490 e. The van der Waals surface area contributed by atoms with Gasteiger partial charge in [-0.2, -0.15) is 0 Å². The number of aliphatic hydroxyl groups excluding tert-OH is 1. The van der Waals surface area contributed by atoms with Crippen LogP contribution in [-0.2, 0) is 11.3 Å². The lowest BCUT2D eigenvalue weighted by atomic mass is 10.2. The monoisotopic (exact) mass is 258 g/mol. The molecule has 17 heavy (non-hydrogen) atoms. The van der Waals surface area contributed by atoms with E-state index in [9.17, 15) is 0 Å². The Hall–Kier alpha value is -0.770. The quantitative estimate of drug-likeness (QED) is 0.825. The topological polar surface area (TPSA) is 38.7 Å². The van der Waals surface area contributed by atoms with E-state index < -0.39 is 0 Å². The summed E-state index contributed by atoms with van der Waals surface area (Å²) in [6.07, 6.45) is 0. The predicted molar refractivity (Wildman–Crippen MR) is 68.6 cm³/mol. The van der Waals surface area contributed by atoms with Crippen LogP contribution in [0.1, 0.15) is 26.3 Å². The van der Waals surface area contributed by atoms with Gasteiger partial charge in [-0.3, -0.25) is 0 Å². The summed E-state index contributed by atoms with van der Waals surface area (Å²) in [6.45, 7) is 6.94. The molecule has 0 bridgehead atoms. The molecular formula is C13H19ClO3. The molecule has 1 rings (SSSR count). The zero-order chi connectivity index (χ0) is 12.9. The highest BCUT2D eigenvalue weighted by molar-refractivity contribution is 6.32. The molecule has 1 aromatic rings. The molecular weight excluding hydrogens is 240 g/mol. The minimum atomic E-state index is -0.159. The van der Waals surface area contributed by atoms with Crippen LogP contribution in [-0.4, -0.2) is 23.9 Å². The summed E-state index contributed by atoms with van der Waals surface area (Å²) in [5.74, 6) is 0.612. The number of halogens is 1. The Morgan fingerprint density at radius 3 is 2.47 bits per heavy atom. The van der Waals surface area contributed by atoms with E-state index in [-0.39, 0.29) is 12.2 Å². The number of aliphatic hydroxyl groups is 1. The van der Waals surface area contributed by atoms with Crippen LogP contribution < -0.4 is 4.74 Å². The average Bonchev–Trinajstić information content (AvgIpc) is 2.24. The molecule has 1 aromatic carbocycles. The van der Waals surface area contributed by atoms with Crippen molar-refractivity contribution in [2.45, 2.75) is 33.0 Å². The normalized spacial score (nSPS) is 11.6. The number of hydrogen-bond donors (Lipinski definition) is 1. The van der Waals surface area contributed by atoms with Gasteiger partial charge in [0.1, 0.15) is 12.4 Å². The third kappa shape index (κ3) is 5.39. The highest BCUT2D eigenvalue weighted by Gasteiger charge is 2.09. The molecule has 0 unspecified atom stereocenters. The molecule has 0 fully saturated rings. The maximum absolute atomic E-state index is 8.94. The van der Waals surface area contributed by atoms with Crippen LogP contribution in [0.3, 0.4) is 0 Å². The van der Waals surface area contributed by atoms with Gasteiger partial charge in [-0.1, -0.05) is 17.7 Å². The van der Waals surface area contributed by atoms with Crippen molar-refractivity contribution in [2.24, 2.45) is 0 Å². The third-order valence-electron chi connectivity index (χ3n) is 2.05. The van der Waals surface area contributed by atoms with Crippen LogP contribution in [0.25, 0.3) is 0 Å². The maximum atomic E-state index is 8.94. The van der Waals surface area contributed by atoms with Gasteiger partial charge in [0.15, 0.2) is 0 Å². The van der Waals surface area contributed by atoms with Crippen LogP contribution in [0.15, 0.2) is 18.2 Å². The van der Waals surface area contributed by atoms with Crippen molar-refractivity contribution in [1.29, 1.82) is 0 Å². The molecule has 0 radical (unpaired) electrons. The molecule has 0 aliphatic heterocycles. The van der Waals surface area contributed by atoms with Crippen molar-refractivity contribution in [1.82, 2.24) is 0 Å². The van der Waals surface area contributed by atoms with Crippen LogP contribution in [0.2, 0.25) is 5.02 Å². The molecule has 0 saturated carbocycles. The summed E-state index contributed by atoms with van der Waals surface area (Å²) >= 11 is 6.00. The number of rotatable bonds is 5. The first-order valence-electron chi connectivity index (χ1n) is 5.58. The second-order valence-corrected chi connectivity index (χ2v) is 5.14. The van der Waals surface area contributed by atoms with Crippen molar-refractivity contribution in [3.05, 3.63) is 28.8 Å². The van der Waals surface area contributed by atoms with Gasteiger partial charge in [0.25, 0.3) is 0 Å². The smallest absolute Gasteiger partial charge is 0.138 e. The molecule has 4 heteroatoms. The van der Waals surface area contributed by atoms with Crippen molar-refractivity contribution < 1.29 is 14.6 Å². The Bertz CT molecular complexity index is 358. The van der Waals surface area contributed by atoms with E-state index in [4.69, 9.17) is 26.2 Å². The van der Waals surface area contributed by atoms with Gasteiger partial charge in [0.2, 0.25) is 0 Å². The fourth-order valence-corrected chi connectivity index (χ4v) is 1.52. The number of ether oxygens (including phenoxy) is 2. The minimum absolute atomic E-state index is 0.0207. The summed E-state index contributed by atoms with van der Waals surface area (Å²) in [4.78, 5) is 0. The highest BCUT2D eigenvalue weighted by Crippen LogP contribution is 2.25. The number of hydrogen-bond acceptors (Lipinski definition) is 3. The first-order valence-corrected chi connectivity index (χ1v) is 5.96. The largest absolute Gasteiger partial charge is 0.490 e. The van der Waals surface area contributed by atoms with E-state index in [1.54, 1.807) is 18.2 Å². The molecule has 0 aliphatic rings. The van der Waals surface area contributed by atoms with E-state index in [0.717, 1.165) is 5.56 Å². The van der Waals surface area contributed by atoms with E-state index >= 15 is 0 Å². The molecule has 0 atom stereocenters. The lowest BCUT2D eigenvalue weighted by Gasteiger charge is -2.19. The van der Waals surface area contributed by atoms with Gasteiger partial charge in [-0.25, -0.2) is 0 Å². The first kappa shape index (κ1) is 14.3. The molecule has 96 valence electrons. The van der Waals surface area contributed by atoms with E-state index in [1.165, 1.54) is 0 Å². The first-order chi connectivity index (χ1) is 7.92. The summed E-state index contributed by atoms with van der Waals surface area (Å²) in [6, 6.07) is 5.23. The molecule has 0 aromatic heterocycles. The lowest BCUT2D eigenvalue weighted by molar-refractivity contribution is -0.0162. The highest BCUT2D eigenvalue weighted by atomic mass is 35.5. The van der Waals surface area contributed by atoms with E-state index in [1.807, 2.05) is 20.8 Å². The van der Waals surface area contributed by atoms with E-state index in [2.05, 4.69) is 0 Å². The standard InChI is InChI=1S/C13H19ClO3/c1-13(2,3)17-7-6-16-12-5-4-10(9-15)8-11(12)14/h4-5,8,15H,6-7,9H2,1-3H3. The summed E-state index contributed by atoms with van der Waals surface area (Å²) in [5, 5.41) is 9.44. The van der Waals surface area contributed by atoms with Crippen LogP contribution in [0.4, 0.5) is 0 Å². The van der Waals surface area contributed by atoms with Crippen LogP contribution in [0, 0.1) is 0 Å². The molecule has 3 nitrogen and oxygen atoms in total. The summed E-state index contributed by atoms with van der Waals surface area (Å²) < 4.78 is 11.0.